The SMILES string of the molecule is Cc1c(Cl)cccc1Nc1ccnc(C(=O)Nc2cccc(F)c2)c1. The van der Waals surface area contributed by atoms with Crippen molar-refractivity contribution in [2.24, 2.45) is 0 Å². The van der Waals surface area contributed by atoms with E-state index >= 15 is 0 Å². The average Bonchev–Trinajstić information content (AvgIpc) is 2.59. The fourth-order valence-electron chi connectivity index (χ4n) is 2.29. The lowest BCUT2D eigenvalue weighted by atomic mass is 10.2. The molecule has 1 heterocycles. The summed E-state index contributed by atoms with van der Waals surface area (Å²) < 4.78 is 13.2. The molecule has 25 heavy (non-hydrogen) atoms. The molecule has 0 bridgehead atoms. The number of benzene rings is 2. The first-order valence-electron chi connectivity index (χ1n) is 7.58. The van der Waals surface area contributed by atoms with Crippen LogP contribution in [0.2, 0.25) is 5.02 Å². The lowest BCUT2D eigenvalue weighted by Gasteiger charge is -2.11. The smallest absolute Gasteiger partial charge is 0.274 e. The van der Waals surface area contributed by atoms with E-state index in [1.165, 1.54) is 24.4 Å². The Morgan fingerprint density at radius 3 is 2.68 bits per heavy atom. The number of nitrogens with one attached hydrogen (secondary N) is 2. The summed E-state index contributed by atoms with van der Waals surface area (Å²) in [6.45, 7) is 1.91. The van der Waals surface area contributed by atoms with Gasteiger partial charge in [0.1, 0.15) is 11.5 Å². The van der Waals surface area contributed by atoms with Crippen LogP contribution < -0.4 is 10.6 Å². The molecule has 0 aliphatic rings. The third-order valence-electron chi connectivity index (χ3n) is 3.62. The molecule has 0 spiro atoms. The number of hydrogen-bond acceptors (Lipinski definition) is 3. The third-order valence-corrected chi connectivity index (χ3v) is 4.03. The lowest BCUT2D eigenvalue weighted by molar-refractivity contribution is 0.102. The van der Waals surface area contributed by atoms with Crippen molar-refractivity contribution in [3.63, 3.8) is 0 Å². The molecule has 3 aromatic rings. The Morgan fingerprint density at radius 1 is 1.08 bits per heavy atom. The van der Waals surface area contributed by atoms with Gasteiger partial charge in [0, 0.05) is 28.3 Å². The number of rotatable bonds is 4. The monoisotopic (exact) mass is 355 g/mol. The van der Waals surface area contributed by atoms with E-state index in [2.05, 4.69) is 15.6 Å². The van der Waals surface area contributed by atoms with Gasteiger partial charge in [0.15, 0.2) is 0 Å². The van der Waals surface area contributed by atoms with Crippen molar-refractivity contribution in [3.8, 4) is 0 Å². The van der Waals surface area contributed by atoms with Crippen LogP contribution in [0.1, 0.15) is 16.1 Å². The first kappa shape index (κ1) is 16.9. The Labute approximate surface area is 149 Å². The van der Waals surface area contributed by atoms with Crippen LogP contribution >= 0.6 is 11.6 Å². The molecule has 2 aromatic carbocycles. The van der Waals surface area contributed by atoms with Gasteiger partial charge in [-0.3, -0.25) is 9.78 Å². The summed E-state index contributed by atoms with van der Waals surface area (Å²) in [6.07, 6.45) is 1.53. The van der Waals surface area contributed by atoms with E-state index in [1.54, 1.807) is 18.2 Å². The second-order valence-electron chi connectivity index (χ2n) is 5.43. The van der Waals surface area contributed by atoms with Gasteiger partial charge in [0.25, 0.3) is 5.91 Å². The van der Waals surface area contributed by atoms with Crippen molar-refractivity contribution in [3.05, 3.63) is 82.9 Å². The van der Waals surface area contributed by atoms with Crippen LogP contribution in [-0.2, 0) is 0 Å². The molecule has 0 aliphatic heterocycles. The summed E-state index contributed by atoms with van der Waals surface area (Å²) >= 11 is 6.12. The number of carbonyl (C=O) groups is 1. The minimum atomic E-state index is -0.419. The second kappa shape index (κ2) is 7.32. The summed E-state index contributed by atoms with van der Waals surface area (Å²) in [5.41, 5.74) is 3.04. The van der Waals surface area contributed by atoms with Crippen molar-refractivity contribution in [1.82, 2.24) is 4.98 Å². The van der Waals surface area contributed by atoms with E-state index < -0.39 is 11.7 Å². The summed E-state index contributed by atoms with van der Waals surface area (Å²) in [6, 6.07) is 14.6. The van der Waals surface area contributed by atoms with Gasteiger partial charge in [-0.2, -0.15) is 0 Å². The van der Waals surface area contributed by atoms with Crippen LogP contribution in [0, 0.1) is 12.7 Å². The van der Waals surface area contributed by atoms with Crippen molar-refractivity contribution in [2.75, 3.05) is 10.6 Å². The van der Waals surface area contributed by atoms with E-state index in [1.807, 2.05) is 25.1 Å². The molecule has 0 atom stereocenters. The van der Waals surface area contributed by atoms with E-state index in [0.717, 1.165) is 11.3 Å². The molecule has 4 nitrogen and oxygen atoms in total. The van der Waals surface area contributed by atoms with Crippen LogP contribution in [0.3, 0.4) is 0 Å². The molecule has 1 aromatic heterocycles. The Hall–Kier alpha value is -2.92. The molecule has 0 saturated carbocycles. The first-order chi connectivity index (χ1) is 12.0. The number of halogens is 2. The molecule has 0 aliphatic carbocycles. The van der Waals surface area contributed by atoms with Crippen molar-refractivity contribution in [1.29, 1.82) is 0 Å². The zero-order valence-electron chi connectivity index (χ0n) is 13.4. The van der Waals surface area contributed by atoms with Crippen LogP contribution in [0.5, 0.6) is 0 Å². The highest BCUT2D eigenvalue weighted by atomic mass is 35.5. The highest BCUT2D eigenvalue weighted by Crippen LogP contribution is 2.26. The topological polar surface area (TPSA) is 54.0 Å². The van der Waals surface area contributed by atoms with E-state index in [4.69, 9.17) is 11.6 Å². The highest BCUT2D eigenvalue weighted by molar-refractivity contribution is 6.31. The largest absolute Gasteiger partial charge is 0.355 e. The Morgan fingerprint density at radius 2 is 1.88 bits per heavy atom. The second-order valence-corrected chi connectivity index (χ2v) is 5.84. The Balaban J connectivity index is 1.79. The van der Waals surface area contributed by atoms with Crippen LogP contribution in [0.4, 0.5) is 21.5 Å². The molecule has 0 unspecified atom stereocenters. The van der Waals surface area contributed by atoms with Gasteiger partial charge in [-0.25, -0.2) is 4.39 Å². The van der Waals surface area contributed by atoms with Gasteiger partial charge in [-0.05, 0) is 55.0 Å². The van der Waals surface area contributed by atoms with Gasteiger partial charge in [-0.1, -0.05) is 23.7 Å². The van der Waals surface area contributed by atoms with Crippen LogP contribution in [-0.4, -0.2) is 10.9 Å². The number of carbonyl (C=O) groups excluding carboxylic acids is 1. The van der Waals surface area contributed by atoms with E-state index in [9.17, 15) is 9.18 Å². The molecule has 126 valence electrons. The van der Waals surface area contributed by atoms with Gasteiger partial charge >= 0.3 is 0 Å². The van der Waals surface area contributed by atoms with Gasteiger partial charge in [-0.15, -0.1) is 0 Å². The molecule has 1 amide bonds. The molecule has 2 N–H and O–H groups in total. The molecule has 0 fully saturated rings. The third kappa shape index (κ3) is 4.14. The Bertz CT molecular complexity index is 930. The summed E-state index contributed by atoms with van der Waals surface area (Å²) in [4.78, 5) is 16.4. The zero-order valence-corrected chi connectivity index (χ0v) is 14.1. The number of aromatic nitrogens is 1. The number of pyridine rings is 1. The molecule has 3 rings (SSSR count). The van der Waals surface area contributed by atoms with E-state index in [0.29, 0.717) is 16.4 Å². The van der Waals surface area contributed by atoms with Crippen LogP contribution in [0.25, 0.3) is 0 Å². The van der Waals surface area contributed by atoms with Crippen molar-refractivity contribution < 1.29 is 9.18 Å². The average molecular weight is 356 g/mol. The lowest BCUT2D eigenvalue weighted by Crippen LogP contribution is -2.14. The fourth-order valence-corrected chi connectivity index (χ4v) is 2.47. The first-order valence-corrected chi connectivity index (χ1v) is 7.96. The molecule has 0 saturated heterocycles. The maximum absolute atomic E-state index is 13.2. The Kier molecular flexibility index (Phi) is 4.95. The minimum Gasteiger partial charge on any atom is -0.355 e. The number of amides is 1. The number of nitrogens with zero attached hydrogens (tertiary/aromatic N) is 1. The maximum atomic E-state index is 13.2. The van der Waals surface area contributed by atoms with Crippen molar-refractivity contribution >= 4 is 34.6 Å². The molecule has 0 radical (unpaired) electrons. The maximum Gasteiger partial charge on any atom is 0.274 e. The van der Waals surface area contributed by atoms with Crippen molar-refractivity contribution in [2.45, 2.75) is 6.92 Å². The normalized spacial score (nSPS) is 10.4. The standard InChI is InChI=1S/C19H15ClFN3O/c1-12-16(20)6-3-7-17(12)23-15-8-9-22-18(11-15)19(25)24-14-5-2-4-13(21)10-14/h2-11H,1H3,(H,22,23)(H,24,25). The molecular formula is C19H15ClFN3O. The van der Waals surface area contributed by atoms with Gasteiger partial charge in [0.05, 0.1) is 0 Å². The van der Waals surface area contributed by atoms with Gasteiger partial charge < -0.3 is 10.6 Å². The highest BCUT2D eigenvalue weighted by Gasteiger charge is 2.10. The quantitative estimate of drug-likeness (QED) is 0.678. The predicted octanol–water partition coefficient (Wildman–Crippen LogP) is 5.18. The zero-order chi connectivity index (χ0) is 17.8. The predicted molar refractivity (Wildman–Crippen MR) is 98.1 cm³/mol. The minimum absolute atomic E-state index is 0.217. The number of hydrogen-bond donors (Lipinski definition) is 2. The van der Waals surface area contributed by atoms with E-state index in [-0.39, 0.29) is 5.69 Å². The van der Waals surface area contributed by atoms with Gasteiger partial charge in [0.2, 0.25) is 0 Å². The fraction of sp³-hybridized carbons (Fsp3) is 0.0526. The summed E-state index contributed by atoms with van der Waals surface area (Å²) in [7, 11) is 0. The van der Waals surface area contributed by atoms with Crippen LogP contribution in [0.15, 0.2) is 60.8 Å². The summed E-state index contributed by atoms with van der Waals surface area (Å²) in [5.74, 6) is -0.838. The molecular weight excluding hydrogens is 341 g/mol. The number of anilines is 3. The summed E-state index contributed by atoms with van der Waals surface area (Å²) in [5, 5.41) is 6.49. The molecule has 6 heteroatoms.